The largest absolute Gasteiger partial charge is 0.0732 e. The van der Waals surface area contributed by atoms with Crippen molar-refractivity contribution in [3.05, 3.63) is 155 Å². The number of fused-ring (bicyclic) bond motifs is 2. The van der Waals surface area contributed by atoms with Gasteiger partial charge in [0, 0.05) is 5.92 Å². The van der Waals surface area contributed by atoms with Gasteiger partial charge in [0.05, 0.1) is 0 Å². The number of rotatable bonds is 4. The van der Waals surface area contributed by atoms with Crippen molar-refractivity contribution in [3.8, 4) is 0 Å². The number of hydrogen-bond donors (Lipinski definition) is 0. The molecule has 0 saturated heterocycles. The van der Waals surface area contributed by atoms with Crippen molar-refractivity contribution in [2.75, 3.05) is 0 Å². The molecule has 0 N–H and O–H groups in total. The van der Waals surface area contributed by atoms with Crippen LogP contribution in [0.3, 0.4) is 0 Å². The van der Waals surface area contributed by atoms with Crippen molar-refractivity contribution in [2.24, 2.45) is 11.3 Å². The molecule has 0 fully saturated rings. The molecule has 4 aromatic carbocycles. The first-order valence-corrected chi connectivity index (χ1v) is 16.0. The Morgan fingerprint density at radius 1 is 0.698 bits per heavy atom. The van der Waals surface area contributed by atoms with Crippen LogP contribution in [0.4, 0.5) is 0 Å². The van der Waals surface area contributed by atoms with Gasteiger partial charge in [0.1, 0.15) is 0 Å². The molecular weight excluding hydrogens is 516 g/mol. The molecule has 1 atom stereocenters. The number of benzene rings is 4. The molecule has 43 heavy (non-hydrogen) atoms. The topological polar surface area (TPSA) is 0 Å². The summed E-state index contributed by atoms with van der Waals surface area (Å²) in [5, 5.41) is 5.48. The normalized spacial score (nSPS) is 15.5. The molecule has 6 rings (SSSR count). The monoisotopic (exact) mass is 562 g/mol. The van der Waals surface area contributed by atoms with E-state index >= 15 is 0 Å². The lowest BCUT2D eigenvalue weighted by molar-refractivity contribution is 0.516. The Hall–Kier alpha value is -3.90. The molecule has 0 nitrogen and oxygen atoms in total. The molecule has 0 heterocycles. The van der Waals surface area contributed by atoms with E-state index in [1.165, 1.54) is 93.2 Å². The van der Waals surface area contributed by atoms with Crippen LogP contribution in [0, 0.1) is 63.3 Å². The molecule has 0 saturated carbocycles. The Morgan fingerprint density at radius 2 is 1.26 bits per heavy atom. The third kappa shape index (κ3) is 4.96. The zero-order chi connectivity index (χ0) is 30.8. The standard InChI is InChI=1S/C43H46/c1-11-31-22-35(43(8,9)10)24-37(31)39-29(6)30(7)40(42-36-21-28(5)27(4)20-34(36)23-38(39)42)41(32-16-12-25(2)13-17-32)33-18-14-26(3)15-19-33/h12-24,31H,11H2,1-10H3. The molecule has 0 amide bonds. The van der Waals surface area contributed by atoms with E-state index in [0.29, 0.717) is 5.92 Å². The Balaban J connectivity index is 1.86. The highest BCUT2D eigenvalue weighted by molar-refractivity contribution is 5.87. The second kappa shape index (κ2) is 10.7. The Labute approximate surface area is 258 Å². The number of allylic oxidation sites excluding steroid dienone is 4. The van der Waals surface area contributed by atoms with Gasteiger partial charge in [-0.25, -0.2) is 0 Å². The predicted octanol–water partition coefficient (Wildman–Crippen LogP) is 9.61. The smallest absolute Gasteiger partial charge is 0.00277 e. The molecule has 0 aliphatic heterocycles. The minimum absolute atomic E-state index is 0.125. The van der Waals surface area contributed by atoms with Crippen LogP contribution in [0.5, 0.6) is 0 Å². The van der Waals surface area contributed by atoms with Gasteiger partial charge < -0.3 is 0 Å². The Morgan fingerprint density at radius 3 is 1.79 bits per heavy atom. The average Bonchev–Trinajstić information content (AvgIpc) is 3.55. The van der Waals surface area contributed by atoms with Gasteiger partial charge in [-0.2, -0.15) is 0 Å². The molecule has 0 bridgehead atoms. The van der Waals surface area contributed by atoms with E-state index in [0.717, 1.165) is 6.42 Å². The van der Waals surface area contributed by atoms with Crippen LogP contribution < -0.4 is 10.4 Å². The molecule has 0 aromatic heterocycles. The lowest BCUT2D eigenvalue weighted by Crippen LogP contribution is -2.20. The lowest BCUT2D eigenvalue weighted by atomic mass is 9.82. The van der Waals surface area contributed by atoms with E-state index in [1.807, 2.05) is 0 Å². The maximum absolute atomic E-state index is 2.54. The van der Waals surface area contributed by atoms with Crippen LogP contribution >= 0.6 is 0 Å². The van der Waals surface area contributed by atoms with Gasteiger partial charge in [0.25, 0.3) is 0 Å². The zero-order valence-corrected chi connectivity index (χ0v) is 27.8. The van der Waals surface area contributed by atoms with Gasteiger partial charge >= 0.3 is 0 Å². The van der Waals surface area contributed by atoms with Crippen LogP contribution in [-0.4, -0.2) is 0 Å². The second-order valence-electron chi connectivity index (χ2n) is 14.1. The van der Waals surface area contributed by atoms with Crippen LogP contribution in [0.25, 0.3) is 17.2 Å². The fourth-order valence-corrected chi connectivity index (χ4v) is 7.05. The number of hydrogen-bond acceptors (Lipinski definition) is 0. The third-order valence-corrected chi connectivity index (χ3v) is 9.95. The Kier molecular flexibility index (Phi) is 7.24. The SMILES string of the molecule is CCC1C=C(C(C)(C)C)C=C1c1c(C)c(C)c(=C(c2ccc(C)cc2)c2ccc(C)cc2)c2c1C=c1cc(C)c(C)cc1=2. The molecule has 218 valence electrons. The van der Waals surface area contributed by atoms with Crippen molar-refractivity contribution in [1.82, 2.24) is 0 Å². The molecule has 2 aliphatic rings. The molecule has 4 aromatic rings. The Bertz CT molecular complexity index is 2010. The van der Waals surface area contributed by atoms with Crippen LogP contribution in [0.1, 0.15) is 89.8 Å². The summed E-state index contributed by atoms with van der Waals surface area (Å²) in [6.07, 6.45) is 8.66. The predicted molar refractivity (Wildman–Crippen MR) is 186 cm³/mol. The summed E-state index contributed by atoms with van der Waals surface area (Å²) >= 11 is 0. The van der Waals surface area contributed by atoms with E-state index < -0.39 is 0 Å². The van der Waals surface area contributed by atoms with Crippen molar-refractivity contribution < 1.29 is 0 Å². The highest BCUT2D eigenvalue weighted by Gasteiger charge is 2.29. The summed E-state index contributed by atoms with van der Waals surface area (Å²) in [5.41, 5.74) is 17.8. The maximum Gasteiger partial charge on any atom is 0.00277 e. The maximum atomic E-state index is 2.54. The zero-order valence-electron chi connectivity index (χ0n) is 27.8. The van der Waals surface area contributed by atoms with Gasteiger partial charge in [-0.05, 0) is 142 Å². The van der Waals surface area contributed by atoms with E-state index in [-0.39, 0.29) is 5.41 Å². The molecule has 0 spiro atoms. The van der Waals surface area contributed by atoms with E-state index in [4.69, 9.17) is 0 Å². The molecule has 0 radical (unpaired) electrons. The first-order chi connectivity index (χ1) is 20.4. The fourth-order valence-electron chi connectivity index (χ4n) is 7.05. The summed E-state index contributed by atoms with van der Waals surface area (Å²) in [5.74, 6) is 0.431. The van der Waals surface area contributed by atoms with Crippen LogP contribution in [-0.2, 0) is 0 Å². The van der Waals surface area contributed by atoms with Crippen molar-refractivity contribution in [2.45, 2.75) is 75.7 Å². The van der Waals surface area contributed by atoms with E-state index in [9.17, 15) is 0 Å². The first kappa shape index (κ1) is 29.2. The van der Waals surface area contributed by atoms with Gasteiger partial charge in [-0.3, -0.25) is 0 Å². The highest BCUT2D eigenvalue weighted by Crippen LogP contribution is 2.44. The van der Waals surface area contributed by atoms with Gasteiger partial charge in [-0.15, -0.1) is 0 Å². The highest BCUT2D eigenvalue weighted by atomic mass is 14.3. The summed E-state index contributed by atoms with van der Waals surface area (Å²) in [6.45, 7) is 22.9. The molecule has 1 unspecified atom stereocenters. The minimum Gasteiger partial charge on any atom is -0.0732 e. The van der Waals surface area contributed by atoms with Crippen LogP contribution in [0.2, 0.25) is 0 Å². The summed E-state index contributed by atoms with van der Waals surface area (Å²) in [4.78, 5) is 0. The second-order valence-corrected chi connectivity index (χ2v) is 14.1. The lowest BCUT2D eigenvalue weighted by Gasteiger charge is -2.21. The van der Waals surface area contributed by atoms with Crippen molar-refractivity contribution >= 4 is 17.2 Å². The number of aryl methyl sites for hydroxylation is 4. The van der Waals surface area contributed by atoms with Gasteiger partial charge in [0.15, 0.2) is 0 Å². The quantitative estimate of drug-likeness (QED) is 0.205. The fraction of sp³-hybridized carbons (Fsp3) is 0.302. The molecular formula is C43H46. The molecule has 0 heteroatoms. The summed E-state index contributed by atoms with van der Waals surface area (Å²) in [6, 6.07) is 23.1. The minimum atomic E-state index is 0.125. The average molecular weight is 563 g/mol. The first-order valence-electron chi connectivity index (χ1n) is 16.0. The van der Waals surface area contributed by atoms with Gasteiger partial charge in [0.2, 0.25) is 0 Å². The van der Waals surface area contributed by atoms with E-state index in [1.54, 1.807) is 0 Å². The third-order valence-electron chi connectivity index (χ3n) is 9.95. The van der Waals surface area contributed by atoms with Crippen LogP contribution in [0.15, 0.2) is 78.4 Å². The van der Waals surface area contributed by atoms with E-state index in [2.05, 4.69) is 148 Å². The van der Waals surface area contributed by atoms with Crippen molar-refractivity contribution in [3.63, 3.8) is 0 Å². The molecule has 2 aliphatic carbocycles. The summed E-state index contributed by atoms with van der Waals surface area (Å²) in [7, 11) is 0. The summed E-state index contributed by atoms with van der Waals surface area (Å²) < 4.78 is 0. The van der Waals surface area contributed by atoms with Crippen molar-refractivity contribution in [1.29, 1.82) is 0 Å². The van der Waals surface area contributed by atoms with Gasteiger partial charge in [-0.1, -0.05) is 112 Å².